The zero-order chi connectivity index (χ0) is 21.0. The number of amides is 1. The van der Waals surface area contributed by atoms with Crippen molar-refractivity contribution in [1.29, 1.82) is 0 Å². The Morgan fingerprint density at radius 3 is 2.48 bits per heavy atom. The molecule has 9 heteroatoms. The summed E-state index contributed by atoms with van der Waals surface area (Å²) in [5, 5.41) is 2.95. The van der Waals surface area contributed by atoms with E-state index < -0.39 is 10.0 Å². The summed E-state index contributed by atoms with van der Waals surface area (Å²) in [6, 6.07) is 5.05. The highest BCUT2D eigenvalue weighted by Crippen LogP contribution is 2.32. The van der Waals surface area contributed by atoms with Crippen LogP contribution in [0, 0.1) is 6.92 Å². The molecule has 1 aromatic heterocycles. The van der Waals surface area contributed by atoms with Crippen molar-refractivity contribution in [2.75, 3.05) is 36.4 Å². The van der Waals surface area contributed by atoms with Crippen LogP contribution in [0.25, 0.3) is 0 Å². The molecule has 0 spiro atoms. The molecule has 3 rings (SSSR count). The summed E-state index contributed by atoms with van der Waals surface area (Å²) >= 11 is 1.28. The van der Waals surface area contributed by atoms with Crippen LogP contribution in [0.1, 0.15) is 48.5 Å². The van der Waals surface area contributed by atoms with Crippen LogP contribution in [0.4, 0.5) is 11.4 Å². The summed E-state index contributed by atoms with van der Waals surface area (Å²) in [5.41, 5.74) is 3.69. The summed E-state index contributed by atoms with van der Waals surface area (Å²) in [6.45, 7) is 8.01. The van der Waals surface area contributed by atoms with Crippen LogP contribution >= 0.6 is 11.3 Å². The second-order valence-electron chi connectivity index (χ2n) is 7.04. The number of hydrogen-bond donors (Lipinski definition) is 1. The van der Waals surface area contributed by atoms with Crippen molar-refractivity contribution in [1.82, 2.24) is 9.29 Å². The van der Waals surface area contributed by atoms with E-state index in [2.05, 4.69) is 15.2 Å². The van der Waals surface area contributed by atoms with Gasteiger partial charge in [-0.2, -0.15) is 4.31 Å². The van der Waals surface area contributed by atoms with E-state index in [1.54, 1.807) is 24.6 Å². The van der Waals surface area contributed by atoms with Crippen LogP contribution in [-0.4, -0.2) is 49.8 Å². The molecule has 29 heavy (non-hydrogen) atoms. The monoisotopic (exact) mass is 436 g/mol. The minimum absolute atomic E-state index is 0.193. The average Bonchev–Trinajstić information content (AvgIpc) is 3.15. The standard InChI is InChI=1S/C20H28N4O3S2/c1-4-24(5-2)29(26,27)16-9-10-18(23-11-7-6-8-12-23)17(13-16)22-20(25)19-15(3)21-14-28-19/h9-10,13-14H,4-8,11-12H2,1-3H3,(H,22,25). The molecule has 1 amide bonds. The van der Waals surface area contributed by atoms with Crippen LogP contribution in [0.15, 0.2) is 28.6 Å². The molecule has 1 aliphatic heterocycles. The van der Waals surface area contributed by atoms with E-state index in [0.29, 0.717) is 29.3 Å². The Balaban J connectivity index is 2.01. The van der Waals surface area contributed by atoms with Gasteiger partial charge >= 0.3 is 0 Å². The molecular weight excluding hydrogens is 408 g/mol. The predicted octanol–water partition coefficient (Wildman–Crippen LogP) is 3.72. The van der Waals surface area contributed by atoms with Gasteiger partial charge in [-0.05, 0) is 44.4 Å². The van der Waals surface area contributed by atoms with E-state index in [-0.39, 0.29) is 10.8 Å². The lowest BCUT2D eigenvalue weighted by molar-refractivity contribution is 0.102. The van der Waals surface area contributed by atoms with Crippen LogP contribution in [0.2, 0.25) is 0 Å². The lowest BCUT2D eigenvalue weighted by Crippen LogP contribution is -2.32. The molecule has 2 heterocycles. The van der Waals surface area contributed by atoms with Gasteiger partial charge in [0, 0.05) is 26.2 Å². The molecule has 7 nitrogen and oxygen atoms in total. The van der Waals surface area contributed by atoms with Gasteiger partial charge in [-0.1, -0.05) is 13.8 Å². The number of anilines is 2. The molecule has 1 aromatic carbocycles. The Labute approximate surface area is 176 Å². The molecule has 0 unspecified atom stereocenters. The number of piperidine rings is 1. The summed E-state index contributed by atoms with van der Waals surface area (Å²) in [6.07, 6.45) is 3.36. The molecule has 2 aromatic rings. The molecule has 0 radical (unpaired) electrons. The molecule has 0 atom stereocenters. The normalized spacial score (nSPS) is 15.0. The fraction of sp³-hybridized carbons (Fsp3) is 0.500. The van der Waals surface area contributed by atoms with Crippen molar-refractivity contribution < 1.29 is 13.2 Å². The quantitative estimate of drug-likeness (QED) is 0.715. The van der Waals surface area contributed by atoms with Gasteiger partial charge in [0.15, 0.2) is 0 Å². The maximum atomic E-state index is 13.0. The third kappa shape index (κ3) is 4.62. The van der Waals surface area contributed by atoms with Gasteiger partial charge in [0.1, 0.15) is 4.88 Å². The number of hydrogen-bond acceptors (Lipinski definition) is 6. The number of nitrogens with zero attached hydrogens (tertiary/aromatic N) is 3. The van der Waals surface area contributed by atoms with E-state index >= 15 is 0 Å². The van der Waals surface area contributed by atoms with E-state index in [1.165, 1.54) is 22.1 Å². The molecule has 0 aliphatic carbocycles. The van der Waals surface area contributed by atoms with Crippen molar-refractivity contribution >= 4 is 38.6 Å². The molecule has 1 aliphatic rings. The first-order chi connectivity index (χ1) is 13.9. The lowest BCUT2D eigenvalue weighted by Gasteiger charge is -2.31. The molecule has 0 bridgehead atoms. The number of sulfonamides is 1. The highest BCUT2D eigenvalue weighted by Gasteiger charge is 2.25. The first-order valence-corrected chi connectivity index (χ1v) is 12.3. The van der Waals surface area contributed by atoms with Gasteiger partial charge < -0.3 is 10.2 Å². The summed E-state index contributed by atoms with van der Waals surface area (Å²) < 4.78 is 27.4. The van der Waals surface area contributed by atoms with Gasteiger partial charge in [0.25, 0.3) is 5.91 Å². The Morgan fingerprint density at radius 1 is 1.21 bits per heavy atom. The highest BCUT2D eigenvalue weighted by molar-refractivity contribution is 7.89. The number of benzene rings is 1. The molecule has 158 valence electrons. The fourth-order valence-corrected chi connectivity index (χ4v) is 5.78. The number of aryl methyl sites for hydroxylation is 1. The maximum Gasteiger partial charge on any atom is 0.267 e. The summed E-state index contributed by atoms with van der Waals surface area (Å²) in [7, 11) is -3.62. The smallest absolute Gasteiger partial charge is 0.267 e. The molecule has 1 fully saturated rings. The average molecular weight is 437 g/mol. The Kier molecular flexibility index (Phi) is 6.92. The number of rotatable bonds is 7. The first kappa shape index (κ1) is 21.7. The van der Waals surface area contributed by atoms with Crippen molar-refractivity contribution in [3.05, 3.63) is 34.3 Å². The largest absolute Gasteiger partial charge is 0.370 e. The van der Waals surface area contributed by atoms with E-state index in [1.807, 2.05) is 19.9 Å². The van der Waals surface area contributed by atoms with Crippen LogP contribution < -0.4 is 10.2 Å². The molecule has 1 N–H and O–H groups in total. The highest BCUT2D eigenvalue weighted by atomic mass is 32.2. The van der Waals surface area contributed by atoms with Gasteiger partial charge in [-0.25, -0.2) is 13.4 Å². The number of thiazole rings is 1. The van der Waals surface area contributed by atoms with Gasteiger partial charge in [-0.3, -0.25) is 4.79 Å². The van der Waals surface area contributed by atoms with Crippen molar-refractivity contribution in [2.24, 2.45) is 0 Å². The second-order valence-corrected chi connectivity index (χ2v) is 9.83. The molecular formula is C20H28N4O3S2. The van der Waals surface area contributed by atoms with Crippen LogP contribution in [-0.2, 0) is 10.0 Å². The van der Waals surface area contributed by atoms with Gasteiger partial charge in [0.05, 0.1) is 27.5 Å². The lowest BCUT2D eigenvalue weighted by atomic mass is 10.1. The van der Waals surface area contributed by atoms with E-state index in [9.17, 15) is 13.2 Å². The molecule has 1 saturated heterocycles. The maximum absolute atomic E-state index is 13.0. The SMILES string of the molecule is CCN(CC)S(=O)(=O)c1ccc(N2CCCCC2)c(NC(=O)c2scnc2C)c1. The summed E-state index contributed by atoms with van der Waals surface area (Å²) in [5.74, 6) is -0.263. The Morgan fingerprint density at radius 2 is 1.90 bits per heavy atom. The number of aromatic nitrogens is 1. The third-order valence-electron chi connectivity index (χ3n) is 5.21. The zero-order valence-corrected chi connectivity index (χ0v) is 18.8. The van der Waals surface area contributed by atoms with E-state index in [0.717, 1.165) is 31.6 Å². The number of carbonyl (C=O) groups is 1. The Hall–Kier alpha value is -1.97. The van der Waals surface area contributed by atoms with E-state index in [4.69, 9.17) is 0 Å². The predicted molar refractivity (Wildman–Crippen MR) is 117 cm³/mol. The second kappa shape index (κ2) is 9.23. The zero-order valence-electron chi connectivity index (χ0n) is 17.1. The third-order valence-corrected chi connectivity index (χ3v) is 8.18. The first-order valence-electron chi connectivity index (χ1n) is 9.99. The van der Waals surface area contributed by atoms with Crippen molar-refractivity contribution in [3.8, 4) is 0 Å². The Bertz CT molecular complexity index is 962. The fourth-order valence-electron chi connectivity index (χ4n) is 3.60. The minimum Gasteiger partial charge on any atom is -0.370 e. The topological polar surface area (TPSA) is 82.6 Å². The summed E-state index contributed by atoms with van der Waals surface area (Å²) in [4.78, 5) is 19.9. The van der Waals surface area contributed by atoms with Gasteiger partial charge in [0.2, 0.25) is 10.0 Å². The van der Waals surface area contributed by atoms with Gasteiger partial charge in [-0.15, -0.1) is 11.3 Å². The number of carbonyl (C=O) groups excluding carboxylic acids is 1. The van der Waals surface area contributed by atoms with Crippen molar-refractivity contribution in [3.63, 3.8) is 0 Å². The minimum atomic E-state index is -3.62. The van der Waals surface area contributed by atoms with Crippen molar-refractivity contribution in [2.45, 2.75) is 44.9 Å². The number of nitrogens with one attached hydrogen (secondary N) is 1. The van der Waals surface area contributed by atoms with Crippen LogP contribution in [0.5, 0.6) is 0 Å². The molecule has 0 saturated carbocycles. The van der Waals surface area contributed by atoms with Crippen LogP contribution in [0.3, 0.4) is 0 Å².